The van der Waals surface area contributed by atoms with Crippen molar-refractivity contribution in [3.63, 3.8) is 0 Å². The quantitative estimate of drug-likeness (QED) is 0.195. The summed E-state index contributed by atoms with van der Waals surface area (Å²) in [5.41, 5.74) is 1.66. The third-order valence-corrected chi connectivity index (χ3v) is 8.58. The highest BCUT2D eigenvalue weighted by molar-refractivity contribution is 6.44. The number of aromatic nitrogens is 1. The average molecular weight is 715 g/mol. The number of hydrogen-bond donors (Lipinski definition) is 1. The summed E-state index contributed by atoms with van der Waals surface area (Å²) in [6.45, 7) is 6.15. The number of pyridine rings is 1. The number of esters is 3. The summed E-state index contributed by atoms with van der Waals surface area (Å²) in [5.74, 6) is -9.26. The number of ketones is 4. The Morgan fingerprint density at radius 3 is 2.08 bits per heavy atom. The number of rotatable bonds is 13. The van der Waals surface area contributed by atoms with Crippen molar-refractivity contribution in [1.29, 1.82) is 0 Å². The van der Waals surface area contributed by atoms with Gasteiger partial charge in [0.2, 0.25) is 23.1 Å². The summed E-state index contributed by atoms with van der Waals surface area (Å²) in [6.07, 6.45) is -1.43. The number of hydrogen-bond acceptors (Lipinski definition) is 13. The van der Waals surface area contributed by atoms with Crippen LogP contribution in [0.1, 0.15) is 56.9 Å². The average Bonchev–Trinajstić information content (AvgIpc) is 3.16. The molecule has 1 saturated carbocycles. The molecule has 0 amide bonds. The van der Waals surface area contributed by atoms with Gasteiger partial charge in [-0.1, -0.05) is 81.4 Å². The number of anilines is 1. The number of methoxy groups -OCH3 is 1. The van der Waals surface area contributed by atoms with E-state index in [1.165, 1.54) is 27.2 Å². The minimum Gasteiger partial charge on any atom is -0.491 e. The van der Waals surface area contributed by atoms with Crippen molar-refractivity contribution in [1.82, 2.24) is 4.98 Å². The van der Waals surface area contributed by atoms with Gasteiger partial charge in [-0.25, -0.2) is 0 Å². The number of benzene rings is 2. The Hall–Kier alpha value is -5.72. The number of ether oxygens (including phenoxy) is 4. The van der Waals surface area contributed by atoms with Crippen LogP contribution in [0.4, 0.5) is 5.69 Å². The maximum Gasteiger partial charge on any atom is 0.311 e. The van der Waals surface area contributed by atoms with Gasteiger partial charge in [0, 0.05) is 6.42 Å². The van der Waals surface area contributed by atoms with Crippen LogP contribution in [0.2, 0.25) is 0 Å². The second-order valence-electron chi connectivity index (χ2n) is 12.8. The van der Waals surface area contributed by atoms with E-state index < -0.39 is 77.4 Å². The smallest absolute Gasteiger partial charge is 0.311 e. The Kier molecular flexibility index (Phi) is 13.5. The summed E-state index contributed by atoms with van der Waals surface area (Å²) in [7, 11) is 1.27. The molecule has 0 unspecified atom stereocenters. The Labute approximate surface area is 301 Å². The van der Waals surface area contributed by atoms with Gasteiger partial charge in [-0.15, -0.1) is 0 Å². The van der Waals surface area contributed by atoms with Crippen LogP contribution in [0.3, 0.4) is 0 Å². The second kappa shape index (κ2) is 18.0. The van der Waals surface area contributed by atoms with E-state index >= 15 is 0 Å². The van der Waals surface area contributed by atoms with Gasteiger partial charge in [0.15, 0.2) is 11.5 Å². The minimum absolute atomic E-state index is 0.0134. The number of carbonyl (C=O) groups is 7. The van der Waals surface area contributed by atoms with Crippen LogP contribution in [0, 0.1) is 24.7 Å². The van der Waals surface area contributed by atoms with Gasteiger partial charge >= 0.3 is 17.9 Å². The first-order valence-electron chi connectivity index (χ1n) is 16.9. The zero-order chi connectivity index (χ0) is 37.9. The summed E-state index contributed by atoms with van der Waals surface area (Å²) in [5, 5.41) is 2.81. The summed E-state index contributed by atoms with van der Waals surface area (Å²) >= 11 is 0. The highest BCUT2D eigenvalue weighted by Crippen LogP contribution is 2.38. The molecular formula is C39H42N2O11. The first kappa shape index (κ1) is 39.1. The molecule has 0 bridgehead atoms. The van der Waals surface area contributed by atoms with E-state index in [1.54, 1.807) is 56.3 Å². The maximum absolute atomic E-state index is 13.8. The lowest BCUT2D eigenvalue weighted by atomic mass is 9.81. The molecule has 13 nitrogen and oxygen atoms in total. The van der Waals surface area contributed by atoms with E-state index in [1.807, 2.05) is 18.2 Å². The van der Waals surface area contributed by atoms with Crippen molar-refractivity contribution >= 4 is 46.7 Å². The molecule has 0 spiro atoms. The Bertz CT molecular complexity index is 1810. The van der Waals surface area contributed by atoms with Crippen molar-refractivity contribution in [3.05, 3.63) is 83.7 Å². The summed E-state index contributed by atoms with van der Waals surface area (Å²) < 4.78 is 21.9. The predicted molar refractivity (Wildman–Crippen MR) is 186 cm³/mol. The molecule has 0 radical (unpaired) electrons. The first-order chi connectivity index (χ1) is 24.8. The highest BCUT2D eigenvalue weighted by Gasteiger charge is 2.46. The van der Waals surface area contributed by atoms with Crippen molar-refractivity contribution in [3.8, 4) is 11.5 Å². The molecular weight excluding hydrogens is 672 g/mol. The number of carbonyl (C=O) groups excluding carboxylic acids is 7. The van der Waals surface area contributed by atoms with Crippen LogP contribution >= 0.6 is 0 Å². The van der Waals surface area contributed by atoms with E-state index in [4.69, 9.17) is 18.9 Å². The highest BCUT2D eigenvalue weighted by atomic mass is 16.6. The lowest BCUT2D eigenvalue weighted by molar-refractivity contribution is -0.163. The second-order valence-corrected chi connectivity index (χ2v) is 12.8. The van der Waals surface area contributed by atoms with E-state index in [0.29, 0.717) is 5.56 Å². The molecule has 2 aromatic carbocycles. The molecule has 1 fully saturated rings. The monoisotopic (exact) mass is 714 g/mol. The number of aryl methyl sites for hydroxylation is 1. The summed E-state index contributed by atoms with van der Waals surface area (Å²) in [6, 6.07) is 16.3. The zero-order valence-corrected chi connectivity index (χ0v) is 29.7. The molecule has 1 N–H and O–H groups in total. The van der Waals surface area contributed by atoms with Crippen molar-refractivity contribution in [2.45, 2.75) is 72.1 Å². The van der Waals surface area contributed by atoms with Gasteiger partial charge in [-0.3, -0.25) is 38.5 Å². The lowest BCUT2D eigenvalue weighted by Crippen LogP contribution is -2.45. The predicted octanol–water partition coefficient (Wildman–Crippen LogP) is 4.35. The fourth-order valence-corrected chi connectivity index (χ4v) is 5.63. The third kappa shape index (κ3) is 9.95. The van der Waals surface area contributed by atoms with Gasteiger partial charge in [-0.05, 0) is 24.5 Å². The molecule has 3 aromatic rings. The van der Waals surface area contributed by atoms with Crippen molar-refractivity contribution < 1.29 is 52.5 Å². The lowest BCUT2D eigenvalue weighted by Gasteiger charge is -2.29. The van der Waals surface area contributed by atoms with Gasteiger partial charge in [-0.2, -0.15) is 0 Å². The fraction of sp³-hybridized carbons (Fsp3) is 0.385. The van der Waals surface area contributed by atoms with E-state index in [0.717, 1.165) is 5.56 Å². The molecule has 4 rings (SSSR count). The molecule has 1 aromatic heterocycles. The molecule has 0 saturated heterocycles. The molecule has 13 heteroatoms. The van der Waals surface area contributed by atoms with Crippen molar-refractivity contribution in [2.75, 3.05) is 12.4 Å². The summed E-state index contributed by atoms with van der Waals surface area (Å²) in [4.78, 5) is 97.0. The maximum atomic E-state index is 13.8. The molecule has 52 heavy (non-hydrogen) atoms. The van der Waals surface area contributed by atoms with E-state index in [2.05, 4.69) is 10.3 Å². The Balaban J connectivity index is 1.56. The SMILES string of the molecule is COc1c(N[C@H]2CC(=O)C(=O)[C@H](Cc3ccccc3)[C@H](OC(=O)C(C)C)[C@H](C)C(=O)C2=O)cnc(C)c1OC(=O)CCC(=O)OCc1ccccc1. The molecule has 4 atom stereocenters. The molecule has 0 aliphatic heterocycles. The zero-order valence-electron chi connectivity index (χ0n) is 29.7. The number of Topliss-reactive ketones (excluding diaryl/α,β-unsaturated/α-hetero) is 4. The normalized spacial score (nSPS) is 19.3. The van der Waals surface area contributed by atoms with Crippen LogP contribution in [-0.2, 0) is 56.1 Å². The van der Waals surface area contributed by atoms with Gasteiger partial charge in [0.05, 0.1) is 55.3 Å². The van der Waals surface area contributed by atoms with Gasteiger partial charge in [0.1, 0.15) is 18.8 Å². The van der Waals surface area contributed by atoms with Crippen LogP contribution < -0.4 is 14.8 Å². The van der Waals surface area contributed by atoms with Crippen LogP contribution in [0.15, 0.2) is 66.9 Å². The molecule has 1 aliphatic carbocycles. The van der Waals surface area contributed by atoms with Gasteiger partial charge in [0.25, 0.3) is 0 Å². The van der Waals surface area contributed by atoms with E-state index in [-0.39, 0.29) is 48.7 Å². The third-order valence-electron chi connectivity index (χ3n) is 8.58. The molecule has 1 heterocycles. The molecule has 274 valence electrons. The minimum atomic E-state index is -1.55. The Morgan fingerprint density at radius 2 is 1.46 bits per heavy atom. The van der Waals surface area contributed by atoms with Crippen LogP contribution in [0.5, 0.6) is 11.5 Å². The first-order valence-corrected chi connectivity index (χ1v) is 16.9. The van der Waals surface area contributed by atoms with Crippen LogP contribution in [-0.4, -0.2) is 65.3 Å². The largest absolute Gasteiger partial charge is 0.491 e. The van der Waals surface area contributed by atoms with Gasteiger partial charge < -0.3 is 24.3 Å². The van der Waals surface area contributed by atoms with Crippen LogP contribution in [0.25, 0.3) is 0 Å². The number of nitrogens with one attached hydrogen (secondary N) is 1. The standard InChI is InChI=1S/C39H42N2O11/c1-22(2)39(48)52-36-23(3)33(45)35(47)28(19-30(42)34(46)27(36)18-25-12-8-6-9-13-25)41-29-20-40-24(4)37(38(29)49-5)51-32(44)17-16-31(43)50-21-26-14-10-7-11-15-26/h6-15,20,22-23,27-28,36,41H,16-19,21H2,1-5H3/t23-,27+,28+,36-/m1/s1. The fourth-order valence-electron chi connectivity index (χ4n) is 5.63. The van der Waals surface area contributed by atoms with Crippen molar-refractivity contribution in [2.24, 2.45) is 17.8 Å². The topological polar surface area (TPSA) is 181 Å². The Morgan fingerprint density at radius 1 is 0.846 bits per heavy atom. The number of nitrogens with zero attached hydrogens (tertiary/aromatic N) is 1. The van der Waals surface area contributed by atoms with E-state index in [9.17, 15) is 33.6 Å². The molecule has 1 aliphatic rings.